The summed E-state index contributed by atoms with van der Waals surface area (Å²) in [6.45, 7) is 8.64. The average molecular weight is 1250 g/mol. The van der Waals surface area contributed by atoms with Crippen LogP contribution in [0.15, 0.2) is 115 Å². The van der Waals surface area contributed by atoms with Crippen LogP contribution in [0.4, 0.5) is 0 Å². The number of hydrogen-bond donors (Lipinski definition) is 12. The number of phenols is 1. The molecular formula is C66H84N12O13. The lowest BCUT2D eigenvalue weighted by atomic mass is 9.99. The van der Waals surface area contributed by atoms with Gasteiger partial charge in [0.05, 0.1) is 6.04 Å². The van der Waals surface area contributed by atoms with Crippen molar-refractivity contribution in [3.05, 3.63) is 138 Å². The Hall–Kier alpha value is -9.65. The topological polar surface area (TPSA) is 387 Å². The minimum Gasteiger partial charge on any atom is -0.508 e. The van der Waals surface area contributed by atoms with Crippen LogP contribution in [0, 0.1) is 11.8 Å². The number of likely N-dealkylation sites (tertiary alicyclic amines) is 2. The number of nitrogens with two attached hydrogens (primary N) is 2. The molecule has 0 radical (unpaired) electrons. The fourth-order valence-corrected chi connectivity index (χ4v) is 11.3. The fraction of sp³-hybridized carbons (Fsp3) is 0.439. The maximum atomic E-state index is 14.7. The predicted molar refractivity (Wildman–Crippen MR) is 336 cm³/mol. The molecule has 0 spiro atoms. The van der Waals surface area contributed by atoms with Crippen LogP contribution >= 0.6 is 0 Å². The summed E-state index contributed by atoms with van der Waals surface area (Å²) in [6.07, 6.45) is 2.06. The molecule has 91 heavy (non-hydrogen) atoms. The first-order chi connectivity index (χ1) is 43.4. The van der Waals surface area contributed by atoms with Gasteiger partial charge in [-0.05, 0) is 91.3 Å². The quantitative estimate of drug-likeness (QED) is 0.0310. The van der Waals surface area contributed by atoms with E-state index in [1.807, 2.05) is 24.3 Å². The van der Waals surface area contributed by atoms with E-state index in [1.54, 1.807) is 94.6 Å². The lowest BCUT2D eigenvalue weighted by Gasteiger charge is -2.31. The van der Waals surface area contributed by atoms with Crippen molar-refractivity contribution < 1.29 is 63.0 Å². The van der Waals surface area contributed by atoms with Gasteiger partial charge in [0.1, 0.15) is 60.1 Å². The number of amides is 10. The molecule has 486 valence electrons. The lowest BCUT2D eigenvalue weighted by molar-refractivity contribution is -0.143. The van der Waals surface area contributed by atoms with E-state index >= 15 is 0 Å². The van der Waals surface area contributed by atoms with Crippen molar-refractivity contribution in [3.63, 3.8) is 0 Å². The highest BCUT2D eigenvalue weighted by Crippen LogP contribution is 2.25. The highest BCUT2D eigenvalue weighted by Gasteiger charge is 2.42. The van der Waals surface area contributed by atoms with Gasteiger partial charge in [0.15, 0.2) is 0 Å². The number of carboxylic acid groups (broad SMARTS) is 1. The van der Waals surface area contributed by atoms with E-state index in [1.165, 1.54) is 41.0 Å². The molecule has 3 heterocycles. The number of aliphatic carboxylic acids is 1. The third kappa shape index (κ3) is 18.9. The highest BCUT2D eigenvalue weighted by atomic mass is 16.4. The van der Waals surface area contributed by atoms with Gasteiger partial charge < -0.3 is 73.7 Å². The number of carboxylic acids is 1. The van der Waals surface area contributed by atoms with E-state index < -0.39 is 131 Å². The van der Waals surface area contributed by atoms with Crippen LogP contribution < -0.4 is 48.7 Å². The molecule has 14 N–H and O–H groups in total. The molecule has 2 aliphatic heterocycles. The number of H-pyrrole nitrogens is 1. The molecule has 25 nitrogen and oxygen atoms in total. The van der Waals surface area contributed by atoms with Crippen molar-refractivity contribution in [2.75, 3.05) is 13.1 Å². The first-order valence-electron chi connectivity index (χ1n) is 30.8. The second-order valence-electron chi connectivity index (χ2n) is 24.1. The van der Waals surface area contributed by atoms with Crippen LogP contribution in [-0.2, 0) is 78.4 Å². The smallest absolute Gasteiger partial charge is 0.326 e. The molecular weight excluding hydrogens is 1170 g/mol. The van der Waals surface area contributed by atoms with E-state index in [0.717, 1.165) is 10.9 Å². The molecule has 10 atom stereocenters. The number of carbonyl (C=O) groups is 11. The number of rotatable bonds is 30. The van der Waals surface area contributed by atoms with Gasteiger partial charge in [0.25, 0.3) is 0 Å². The molecule has 1 aromatic heterocycles. The number of nitrogens with zero attached hydrogens (tertiary/aromatic N) is 2. The third-order valence-corrected chi connectivity index (χ3v) is 16.5. The van der Waals surface area contributed by atoms with E-state index in [0.29, 0.717) is 41.5 Å². The first kappa shape index (κ1) is 68.8. The number of aromatic amines is 1. The standard InChI is InChI=1S/C66H84N12O13/c1-37(2)55(68)65(89)78-31-15-23-53(78)62(86)73-50(35-43-36-69-46-21-13-12-20-45(43)46)59(83)71-47(28-29-54(67)80)64(88)77-30-14-22-52(77)61(85)70-39(5)57(81)72-49(33-41-18-10-7-11-19-41)60(84)76-56(38(3)4)63(87)74-48(32-40-16-8-6-9-17-40)58(82)75-51(66(90)91)34-42-24-26-44(79)27-25-42/h6-13,16-21,24-27,36-39,47-53,55-56,69,79H,14-15,22-23,28-35,68H2,1-5H3,(H2,67,80)(H,70,85)(H,71,83)(H,72,81)(H,73,86)(H,74,87)(H,75,82)(H,76,84)(H,90,91)/t39-,47-,48-,49-,50-,51-,52-,53-,55-,56-/m0/s1. The van der Waals surface area contributed by atoms with Crippen LogP contribution in [0.2, 0.25) is 0 Å². The summed E-state index contributed by atoms with van der Waals surface area (Å²) < 4.78 is 0. The van der Waals surface area contributed by atoms with Crippen molar-refractivity contribution in [2.24, 2.45) is 23.3 Å². The second kappa shape index (κ2) is 32.2. The van der Waals surface area contributed by atoms with E-state index in [2.05, 4.69) is 42.2 Å². The lowest BCUT2D eigenvalue weighted by Crippen LogP contribution is -2.61. The van der Waals surface area contributed by atoms with Gasteiger partial charge in [-0.1, -0.05) is 119 Å². The summed E-state index contributed by atoms with van der Waals surface area (Å²) in [6, 6.07) is 18.1. The largest absolute Gasteiger partial charge is 0.508 e. The Labute approximate surface area is 527 Å². The number of para-hydroxylation sites is 1. The van der Waals surface area contributed by atoms with Crippen molar-refractivity contribution in [3.8, 4) is 5.75 Å². The second-order valence-corrected chi connectivity index (χ2v) is 24.1. The Morgan fingerprint density at radius 3 is 1.55 bits per heavy atom. The van der Waals surface area contributed by atoms with Crippen molar-refractivity contribution in [1.82, 2.24) is 52.0 Å². The number of aromatic nitrogens is 1. The molecule has 2 saturated heterocycles. The Morgan fingerprint density at radius 1 is 0.527 bits per heavy atom. The van der Waals surface area contributed by atoms with E-state index in [9.17, 15) is 63.0 Å². The van der Waals surface area contributed by atoms with Gasteiger partial charge in [0, 0.05) is 62.3 Å². The van der Waals surface area contributed by atoms with Gasteiger partial charge in [-0.15, -0.1) is 0 Å². The maximum absolute atomic E-state index is 14.7. The monoisotopic (exact) mass is 1250 g/mol. The van der Waals surface area contributed by atoms with Crippen LogP contribution in [-0.4, -0.2) is 164 Å². The number of benzene rings is 4. The molecule has 2 aliphatic rings. The highest BCUT2D eigenvalue weighted by molar-refractivity contribution is 5.99. The van der Waals surface area contributed by atoms with Crippen LogP contribution in [0.25, 0.3) is 10.9 Å². The van der Waals surface area contributed by atoms with E-state index in [-0.39, 0.29) is 69.7 Å². The van der Waals surface area contributed by atoms with Gasteiger partial charge in [-0.3, -0.25) is 47.9 Å². The van der Waals surface area contributed by atoms with Crippen LogP contribution in [0.5, 0.6) is 5.75 Å². The Morgan fingerprint density at radius 2 is 1.00 bits per heavy atom. The minimum atomic E-state index is -1.43. The minimum absolute atomic E-state index is 0.0304. The summed E-state index contributed by atoms with van der Waals surface area (Å²) in [4.78, 5) is 159. The first-order valence-corrected chi connectivity index (χ1v) is 30.8. The molecule has 10 amide bonds. The zero-order valence-electron chi connectivity index (χ0n) is 51.8. The fourth-order valence-electron chi connectivity index (χ4n) is 11.3. The van der Waals surface area contributed by atoms with Gasteiger partial charge in [-0.2, -0.15) is 0 Å². The summed E-state index contributed by atoms with van der Waals surface area (Å²) in [5.41, 5.74) is 15.0. The molecule has 0 saturated carbocycles. The van der Waals surface area contributed by atoms with E-state index in [4.69, 9.17) is 11.5 Å². The Kier molecular flexibility index (Phi) is 24.4. The van der Waals surface area contributed by atoms with Crippen LogP contribution in [0.1, 0.15) is 95.4 Å². The number of aromatic hydroxyl groups is 1. The predicted octanol–water partition coefficient (Wildman–Crippen LogP) is 1.53. The molecule has 5 aromatic rings. The summed E-state index contributed by atoms with van der Waals surface area (Å²) in [5.74, 6) is -9.43. The molecule has 0 aliphatic carbocycles. The average Bonchev–Trinajstić information content (AvgIpc) is 3.28. The summed E-state index contributed by atoms with van der Waals surface area (Å²) >= 11 is 0. The Balaban J connectivity index is 1.04. The normalized spacial score (nSPS) is 17.3. The molecule has 0 bridgehead atoms. The SMILES string of the molecule is CC(C)[C@H](N)C(=O)N1CCC[C@H]1C(=O)N[C@@H](Cc1c[nH]c2ccccc12)C(=O)N[C@@H](CCC(N)=O)C(=O)N1CCC[C@H]1C(=O)N[C@@H](C)C(=O)N[C@@H](Cc1ccccc1)C(=O)N[C@H](C(=O)N[C@@H](Cc1ccccc1)C(=O)N[C@@H](Cc1ccc(O)cc1)C(=O)O)C(C)C. The van der Waals surface area contributed by atoms with Crippen molar-refractivity contribution >= 4 is 75.9 Å². The zero-order chi connectivity index (χ0) is 66.1. The summed E-state index contributed by atoms with van der Waals surface area (Å²) in [7, 11) is 0. The summed E-state index contributed by atoms with van der Waals surface area (Å²) in [5, 5.41) is 39.6. The zero-order valence-corrected chi connectivity index (χ0v) is 51.8. The number of hydrogen-bond acceptors (Lipinski definition) is 13. The molecule has 25 heteroatoms. The molecule has 4 aromatic carbocycles. The van der Waals surface area contributed by atoms with Gasteiger partial charge in [-0.25, -0.2) is 4.79 Å². The number of carbonyl (C=O) groups excluding carboxylic acids is 10. The number of phenolic OH excluding ortho intramolecular Hbond substituents is 1. The van der Waals surface area contributed by atoms with Crippen molar-refractivity contribution in [2.45, 2.75) is 159 Å². The van der Waals surface area contributed by atoms with Gasteiger partial charge in [0.2, 0.25) is 59.1 Å². The Bertz CT molecular complexity index is 3400. The molecule has 7 rings (SSSR count). The molecule has 2 fully saturated rings. The maximum Gasteiger partial charge on any atom is 0.326 e. The van der Waals surface area contributed by atoms with Gasteiger partial charge >= 0.3 is 5.97 Å². The number of primary amides is 1. The third-order valence-electron chi connectivity index (χ3n) is 16.5. The van der Waals surface area contributed by atoms with Crippen molar-refractivity contribution in [1.29, 1.82) is 0 Å². The number of nitrogens with one attached hydrogen (secondary N) is 8. The van der Waals surface area contributed by atoms with Crippen LogP contribution in [0.3, 0.4) is 0 Å². The number of fused-ring (bicyclic) bond motifs is 1. The molecule has 0 unspecified atom stereocenters.